The fourth-order valence-corrected chi connectivity index (χ4v) is 2.61. The first kappa shape index (κ1) is 12.0. The normalized spacial score (nSPS) is 15.6. The summed E-state index contributed by atoms with van der Waals surface area (Å²) in [6, 6.07) is 3.73. The van der Waals surface area contributed by atoms with Crippen LogP contribution in [0.1, 0.15) is 24.4 Å². The Bertz CT molecular complexity index is 310. The van der Waals surface area contributed by atoms with E-state index in [9.17, 15) is 0 Å². The molecule has 0 aliphatic heterocycles. The Kier molecular flexibility index (Phi) is 4.75. The Balaban J connectivity index is 1.49. The maximum Gasteiger partial charge on any atom is 0.129 e. The lowest BCUT2D eigenvalue weighted by Crippen LogP contribution is -2.16. The Hall–Kier alpha value is -0.450. The first-order chi connectivity index (χ1) is 7.88. The molecule has 0 unspecified atom stereocenters. The molecule has 2 rings (SSSR count). The van der Waals surface area contributed by atoms with Crippen LogP contribution >= 0.6 is 11.8 Å². The van der Waals surface area contributed by atoms with Gasteiger partial charge in [-0.25, -0.2) is 0 Å². The van der Waals surface area contributed by atoms with Crippen LogP contribution < -0.4 is 5.32 Å². The molecule has 1 aromatic rings. The number of rotatable bonds is 8. The molecule has 2 N–H and O–H groups in total. The Morgan fingerprint density at radius 3 is 2.88 bits per heavy atom. The molecule has 4 heteroatoms. The molecule has 1 aromatic heterocycles. The lowest BCUT2D eigenvalue weighted by molar-refractivity contribution is 0.243. The van der Waals surface area contributed by atoms with Crippen LogP contribution in [0.2, 0.25) is 0 Å². The van der Waals surface area contributed by atoms with Crippen LogP contribution in [0.25, 0.3) is 0 Å². The van der Waals surface area contributed by atoms with Gasteiger partial charge in [0.1, 0.15) is 18.1 Å². The van der Waals surface area contributed by atoms with Gasteiger partial charge in [-0.15, -0.1) is 0 Å². The third kappa shape index (κ3) is 4.20. The summed E-state index contributed by atoms with van der Waals surface area (Å²) in [5.74, 6) is 5.06. The number of thioether (sulfide) groups is 1. The van der Waals surface area contributed by atoms with Gasteiger partial charge in [0.2, 0.25) is 0 Å². The van der Waals surface area contributed by atoms with Crippen LogP contribution in [-0.4, -0.2) is 23.2 Å². The van der Waals surface area contributed by atoms with Crippen molar-refractivity contribution in [3.05, 3.63) is 23.7 Å². The number of hydrogen-bond acceptors (Lipinski definition) is 4. The molecule has 90 valence electrons. The number of aliphatic hydroxyl groups is 1. The minimum Gasteiger partial charge on any atom is -0.462 e. The topological polar surface area (TPSA) is 45.4 Å². The standard InChI is InChI=1S/C12H19NO2S/c14-8-12-4-3-11(15-12)7-13-5-6-16-9-10-1-2-10/h3-4,10,13-14H,1-2,5-9H2. The summed E-state index contributed by atoms with van der Waals surface area (Å²) in [7, 11) is 0. The molecular weight excluding hydrogens is 222 g/mol. The zero-order valence-corrected chi connectivity index (χ0v) is 10.3. The van der Waals surface area contributed by atoms with E-state index in [4.69, 9.17) is 9.52 Å². The van der Waals surface area contributed by atoms with Gasteiger partial charge in [0.05, 0.1) is 6.54 Å². The highest BCUT2D eigenvalue weighted by atomic mass is 32.2. The summed E-state index contributed by atoms with van der Waals surface area (Å²) in [5.41, 5.74) is 0. The van der Waals surface area contributed by atoms with E-state index < -0.39 is 0 Å². The number of furan rings is 1. The lowest BCUT2D eigenvalue weighted by atomic mass is 10.4. The molecule has 16 heavy (non-hydrogen) atoms. The van der Waals surface area contributed by atoms with E-state index in [1.807, 2.05) is 23.9 Å². The second-order valence-corrected chi connectivity index (χ2v) is 5.37. The van der Waals surface area contributed by atoms with E-state index in [2.05, 4.69) is 5.32 Å². The highest BCUT2D eigenvalue weighted by Crippen LogP contribution is 2.32. The van der Waals surface area contributed by atoms with Gasteiger partial charge >= 0.3 is 0 Å². The van der Waals surface area contributed by atoms with E-state index in [0.717, 1.165) is 24.8 Å². The van der Waals surface area contributed by atoms with Crippen LogP contribution in [0.3, 0.4) is 0 Å². The Labute approximate surface area is 101 Å². The van der Waals surface area contributed by atoms with Crippen LogP contribution in [-0.2, 0) is 13.2 Å². The Morgan fingerprint density at radius 1 is 1.38 bits per heavy atom. The van der Waals surface area contributed by atoms with Crippen molar-refractivity contribution in [2.24, 2.45) is 5.92 Å². The van der Waals surface area contributed by atoms with Gasteiger partial charge in [-0.2, -0.15) is 11.8 Å². The number of aliphatic hydroxyl groups excluding tert-OH is 1. The molecular formula is C12H19NO2S. The van der Waals surface area contributed by atoms with Crippen molar-refractivity contribution in [3.8, 4) is 0 Å². The average molecular weight is 241 g/mol. The van der Waals surface area contributed by atoms with Crippen molar-refractivity contribution in [2.45, 2.75) is 26.0 Å². The molecule has 1 fully saturated rings. The van der Waals surface area contributed by atoms with Gasteiger partial charge in [0.15, 0.2) is 0 Å². The van der Waals surface area contributed by atoms with Crippen molar-refractivity contribution >= 4 is 11.8 Å². The SMILES string of the molecule is OCc1ccc(CNCCSCC2CC2)o1. The zero-order valence-electron chi connectivity index (χ0n) is 9.45. The lowest BCUT2D eigenvalue weighted by Gasteiger charge is -2.02. The second-order valence-electron chi connectivity index (χ2n) is 4.22. The number of nitrogens with one attached hydrogen (secondary N) is 1. The third-order valence-corrected chi connectivity index (χ3v) is 3.85. The number of hydrogen-bond donors (Lipinski definition) is 2. The molecule has 0 atom stereocenters. The fraction of sp³-hybridized carbons (Fsp3) is 0.667. The van der Waals surface area contributed by atoms with Gasteiger partial charge in [-0.05, 0) is 36.6 Å². The van der Waals surface area contributed by atoms with Crippen molar-refractivity contribution in [1.82, 2.24) is 5.32 Å². The minimum absolute atomic E-state index is 0.0166. The molecule has 1 heterocycles. The molecule has 1 saturated carbocycles. The summed E-state index contributed by atoms with van der Waals surface area (Å²) < 4.78 is 5.37. The second kappa shape index (κ2) is 6.33. The predicted molar refractivity (Wildman–Crippen MR) is 66.4 cm³/mol. The maximum atomic E-state index is 8.83. The molecule has 0 spiro atoms. The van der Waals surface area contributed by atoms with E-state index >= 15 is 0 Å². The van der Waals surface area contributed by atoms with Gasteiger partial charge in [0, 0.05) is 12.3 Å². The summed E-state index contributed by atoms with van der Waals surface area (Å²) in [6.45, 7) is 1.76. The van der Waals surface area contributed by atoms with Gasteiger partial charge < -0.3 is 14.8 Å². The smallest absolute Gasteiger partial charge is 0.129 e. The molecule has 0 radical (unpaired) electrons. The van der Waals surface area contributed by atoms with Crippen LogP contribution in [0.5, 0.6) is 0 Å². The van der Waals surface area contributed by atoms with Crippen LogP contribution in [0.4, 0.5) is 0 Å². The van der Waals surface area contributed by atoms with Crippen LogP contribution in [0, 0.1) is 5.92 Å². The van der Waals surface area contributed by atoms with E-state index in [1.54, 1.807) is 0 Å². The molecule has 3 nitrogen and oxygen atoms in total. The molecule has 0 bridgehead atoms. The van der Waals surface area contributed by atoms with E-state index in [0.29, 0.717) is 5.76 Å². The van der Waals surface area contributed by atoms with E-state index in [-0.39, 0.29) is 6.61 Å². The van der Waals surface area contributed by atoms with Gasteiger partial charge in [-0.3, -0.25) is 0 Å². The Morgan fingerprint density at radius 2 is 2.19 bits per heavy atom. The summed E-state index contributed by atoms with van der Waals surface area (Å²) in [5, 5.41) is 12.2. The third-order valence-electron chi connectivity index (χ3n) is 2.65. The summed E-state index contributed by atoms with van der Waals surface area (Å²) in [6.07, 6.45) is 2.88. The van der Waals surface area contributed by atoms with Crippen molar-refractivity contribution in [2.75, 3.05) is 18.1 Å². The van der Waals surface area contributed by atoms with Crippen molar-refractivity contribution in [1.29, 1.82) is 0 Å². The molecule has 0 aromatic carbocycles. The quantitative estimate of drug-likeness (QED) is 0.683. The predicted octanol–water partition coefficient (Wildman–Crippen LogP) is 2.00. The highest BCUT2D eigenvalue weighted by Gasteiger charge is 2.20. The minimum atomic E-state index is -0.0166. The van der Waals surface area contributed by atoms with E-state index in [1.165, 1.54) is 24.3 Å². The van der Waals surface area contributed by atoms with Crippen LogP contribution in [0.15, 0.2) is 16.5 Å². The fourth-order valence-electron chi connectivity index (χ4n) is 1.49. The maximum absolute atomic E-state index is 8.83. The zero-order chi connectivity index (χ0) is 11.2. The van der Waals surface area contributed by atoms with Crippen molar-refractivity contribution in [3.63, 3.8) is 0 Å². The molecule has 0 amide bonds. The largest absolute Gasteiger partial charge is 0.462 e. The monoisotopic (exact) mass is 241 g/mol. The summed E-state index contributed by atoms with van der Waals surface area (Å²) >= 11 is 2.04. The van der Waals surface area contributed by atoms with Gasteiger partial charge in [-0.1, -0.05) is 0 Å². The van der Waals surface area contributed by atoms with Gasteiger partial charge in [0.25, 0.3) is 0 Å². The molecule has 0 saturated heterocycles. The molecule has 1 aliphatic carbocycles. The highest BCUT2D eigenvalue weighted by molar-refractivity contribution is 7.99. The summed E-state index contributed by atoms with van der Waals surface area (Å²) in [4.78, 5) is 0. The molecule has 1 aliphatic rings. The average Bonchev–Trinajstić information content (AvgIpc) is 3.01. The first-order valence-corrected chi connectivity index (χ1v) is 7.01. The first-order valence-electron chi connectivity index (χ1n) is 5.85. The van der Waals surface area contributed by atoms with Crippen molar-refractivity contribution < 1.29 is 9.52 Å².